The van der Waals surface area contributed by atoms with Gasteiger partial charge in [-0.3, -0.25) is 0 Å². The van der Waals surface area contributed by atoms with Crippen molar-refractivity contribution >= 4 is 28.6 Å². The standard InChI is InChI=1S/C15H11ClN2O3/c1-21-10-6-5-9-7-13(11-3-2-4-14(16)17-11)18(15(19)20)12(9)8-10/h2-8H,1H3,(H,19,20). The Labute approximate surface area is 125 Å². The van der Waals surface area contributed by atoms with Crippen molar-refractivity contribution in [2.45, 2.75) is 0 Å². The minimum atomic E-state index is -1.09. The van der Waals surface area contributed by atoms with Gasteiger partial charge in [-0.2, -0.15) is 0 Å². The van der Waals surface area contributed by atoms with Crippen molar-refractivity contribution in [1.82, 2.24) is 9.55 Å². The van der Waals surface area contributed by atoms with Gasteiger partial charge in [-0.05, 0) is 30.3 Å². The molecule has 0 radical (unpaired) electrons. The van der Waals surface area contributed by atoms with Gasteiger partial charge in [0.05, 0.1) is 24.0 Å². The molecule has 3 aromatic rings. The number of benzene rings is 1. The van der Waals surface area contributed by atoms with Gasteiger partial charge in [0.2, 0.25) is 0 Å². The lowest BCUT2D eigenvalue weighted by molar-refractivity contribution is 0.198. The topological polar surface area (TPSA) is 64.4 Å². The quantitative estimate of drug-likeness (QED) is 0.729. The summed E-state index contributed by atoms with van der Waals surface area (Å²) in [7, 11) is 1.54. The van der Waals surface area contributed by atoms with E-state index in [2.05, 4.69) is 4.98 Å². The largest absolute Gasteiger partial charge is 0.497 e. The first-order chi connectivity index (χ1) is 10.1. The second-order valence-electron chi connectivity index (χ2n) is 4.42. The predicted molar refractivity (Wildman–Crippen MR) is 80.2 cm³/mol. The highest BCUT2D eigenvalue weighted by molar-refractivity contribution is 6.29. The molecule has 0 saturated heterocycles. The number of halogens is 1. The highest BCUT2D eigenvalue weighted by atomic mass is 35.5. The molecule has 106 valence electrons. The van der Waals surface area contributed by atoms with Crippen LogP contribution in [0.1, 0.15) is 0 Å². The van der Waals surface area contributed by atoms with Crippen LogP contribution in [0.5, 0.6) is 5.75 Å². The van der Waals surface area contributed by atoms with Gasteiger partial charge < -0.3 is 9.84 Å². The predicted octanol–water partition coefficient (Wildman–Crippen LogP) is 3.89. The number of carboxylic acid groups (broad SMARTS) is 1. The maximum atomic E-state index is 11.6. The second-order valence-corrected chi connectivity index (χ2v) is 4.81. The second kappa shape index (κ2) is 5.10. The van der Waals surface area contributed by atoms with Gasteiger partial charge in [-0.15, -0.1) is 0 Å². The SMILES string of the molecule is COc1ccc2cc(-c3cccc(Cl)n3)n(C(=O)O)c2c1. The summed E-state index contributed by atoms with van der Waals surface area (Å²) in [5.74, 6) is 0.591. The molecule has 0 aliphatic rings. The van der Waals surface area contributed by atoms with E-state index >= 15 is 0 Å². The number of aromatic nitrogens is 2. The van der Waals surface area contributed by atoms with E-state index < -0.39 is 6.09 Å². The fourth-order valence-electron chi connectivity index (χ4n) is 2.25. The fraction of sp³-hybridized carbons (Fsp3) is 0.0667. The fourth-order valence-corrected chi connectivity index (χ4v) is 2.42. The van der Waals surface area contributed by atoms with Crippen molar-refractivity contribution < 1.29 is 14.6 Å². The maximum absolute atomic E-state index is 11.6. The number of methoxy groups -OCH3 is 1. The molecule has 3 rings (SSSR count). The van der Waals surface area contributed by atoms with E-state index in [1.54, 1.807) is 36.4 Å². The van der Waals surface area contributed by atoms with E-state index in [-0.39, 0.29) is 0 Å². The monoisotopic (exact) mass is 302 g/mol. The third-order valence-corrected chi connectivity index (χ3v) is 3.39. The molecule has 2 aromatic heterocycles. The van der Waals surface area contributed by atoms with E-state index in [1.165, 1.54) is 11.7 Å². The number of carbonyl (C=O) groups is 1. The first-order valence-electron chi connectivity index (χ1n) is 6.16. The van der Waals surface area contributed by atoms with Gasteiger partial charge in [0.15, 0.2) is 0 Å². The number of hydrogen-bond donors (Lipinski definition) is 1. The molecule has 0 amide bonds. The zero-order valence-corrected chi connectivity index (χ0v) is 11.8. The Morgan fingerprint density at radius 2 is 2.10 bits per heavy atom. The van der Waals surface area contributed by atoms with E-state index in [9.17, 15) is 9.90 Å². The van der Waals surface area contributed by atoms with E-state index in [0.717, 1.165) is 5.39 Å². The van der Waals surface area contributed by atoms with E-state index in [4.69, 9.17) is 16.3 Å². The van der Waals surface area contributed by atoms with Crippen LogP contribution in [0.2, 0.25) is 5.15 Å². The average molecular weight is 303 g/mol. The molecule has 6 heteroatoms. The zero-order valence-electron chi connectivity index (χ0n) is 11.1. The van der Waals surface area contributed by atoms with Crippen LogP contribution in [0.4, 0.5) is 4.79 Å². The Kier molecular flexibility index (Phi) is 3.27. The first-order valence-corrected chi connectivity index (χ1v) is 6.53. The van der Waals surface area contributed by atoms with Crippen molar-refractivity contribution in [3.05, 3.63) is 47.6 Å². The summed E-state index contributed by atoms with van der Waals surface area (Å²) in [6, 6.07) is 12.1. The molecule has 1 aromatic carbocycles. The molecule has 0 aliphatic carbocycles. The molecular weight excluding hydrogens is 292 g/mol. The van der Waals surface area contributed by atoms with Gasteiger partial charge in [0.1, 0.15) is 10.9 Å². The molecule has 0 bridgehead atoms. The van der Waals surface area contributed by atoms with Crippen molar-refractivity contribution in [3.63, 3.8) is 0 Å². The van der Waals surface area contributed by atoms with E-state index in [0.29, 0.717) is 27.8 Å². The normalized spacial score (nSPS) is 10.8. The molecule has 1 N–H and O–H groups in total. The highest BCUT2D eigenvalue weighted by Crippen LogP contribution is 2.30. The molecular formula is C15H11ClN2O3. The number of fused-ring (bicyclic) bond motifs is 1. The molecule has 0 saturated carbocycles. The van der Waals surface area contributed by atoms with Crippen molar-refractivity contribution in [1.29, 1.82) is 0 Å². The average Bonchev–Trinajstić information content (AvgIpc) is 2.85. The zero-order chi connectivity index (χ0) is 15.0. The number of nitrogens with zero attached hydrogens (tertiary/aromatic N) is 2. The summed E-state index contributed by atoms with van der Waals surface area (Å²) >= 11 is 5.89. The van der Waals surface area contributed by atoms with Gasteiger partial charge >= 0.3 is 6.09 Å². The van der Waals surface area contributed by atoms with Crippen LogP contribution < -0.4 is 4.74 Å². The van der Waals surface area contributed by atoms with E-state index in [1.807, 2.05) is 6.07 Å². The van der Waals surface area contributed by atoms with Crippen LogP contribution in [-0.2, 0) is 0 Å². The Bertz CT molecular complexity index is 842. The summed E-state index contributed by atoms with van der Waals surface area (Å²) in [6.45, 7) is 0. The number of pyridine rings is 1. The summed E-state index contributed by atoms with van der Waals surface area (Å²) in [5.41, 5.74) is 1.51. The molecule has 0 spiro atoms. The minimum Gasteiger partial charge on any atom is -0.497 e. The minimum absolute atomic E-state index is 0.312. The van der Waals surface area contributed by atoms with Gasteiger partial charge in [-0.25, -0.2) is 14.3 Å². The molecule has 0 unspecified atom stereocenters. The van der Waals surface area contributed by atoms with Crippen LogP contribution in [0, 0.1) is 0 Å². The van der Waals surface area contributed by atoms with Gasteiger partial charge in [0.25, 0.3) is 0 Å². The number of rotatable bonds is 2. The molecule has 2 heterocycles. The third-order valence-electron chi connectivity index (χ3n) is 3.18. The Morgan fingerprint density at radius 1 is 1.29 bits per heavy atom. The van der Waals surface area contributed by atoms with Crippen LogP contribution >= 0.6 is 11.6 Å². The summed E-state index contributed by atoms with van der Waals surface area (Å²) in [6.07, 6.45) is -1.09. The van der Waals surface area contributed by atoms with Crippen LogP contribution in [0.15, 0.2) is 42.5 Å². The van der Waals surface area contributed by atoms with Gasteiger partial charge in [0, 0.05) is 11.5 Å². The third kappa shape index (κ3) is 2.32. The van der Waals surface area contributed by atoms with Crippen LogP contribution in [-0.4, -0.2) is 27.9 Å². The maximum Gasteiger partial charge on any atom is 0.416 e. The smallest absolute Gasteiger partial charge is 0.416 e. The molecule has 5 nitrogen and oxygen atoms in total. The molecule has 0 fully saturated rings. The Morgan fingerprint density at radius 3 is 2.76 bits per heavy atom. The lowest BCUT2D eigenvalue weighted by Gasteiger charge is -2.05. The number of ether oxygens (including phenoxy) is 1. The molecule has 0 aliphatic heterocycles. The molecule has 0 atom stereocenters. The van der Waals surface area contributed by atoms with Gasteiger partial charge in [-0.1, -0.05) is 17.7 Å². The summed E-state index contributed by atoms with van der Waals surface area (Å²) in [5, 5.41) is 10.6. The Balaban J connectivity index is 2.32. The Hall–Kier alpha value is -2.53. The van der Waals surface area contributed by atoms with Crippen LogP contribution in [0.3, 0.4) is 0 Å². The van der Waals surface area contributed by atoms with Crippen molar-refractivity contribution in [2.24, 2.45) is 0 Å². The first kappa shape index (κ1) is 13.5. The van der Waals surface area contributed by atoms with Crippen LogP contribution in [0.25, 0.3) is 22.3 Å². The summed E-state index contributed by atoms with van der Waals surface area (Å²) < 4.78 is 6.33. The number of hydrogen-bond acceptors (Lipinski definition) is 3. The lowest BCUT2D eigenvalue weighted by Crippen LogP contribution is -2.09. The van der Waals surface area contributed by atoms with Crippen molar-refractivity contribution in [2.75, 3.05) is 7.11 Å². The summed E-state index contributed by atoms with van der Waals surface area (Å²) in [4.78, 5) is 15.8. The molecule has 21 heavy (non-hydrogen) atoms. The van der Waals surface area contributed by atoms with Crippen molar-refractivity contribution in [3.8, 4) is 17.1 Å². The lowest BCUT2D eigenvalue weighted by atomic mass is 10.2. The highest BCUT2D eigenvalue weighted by Gasteiger charge is 2.17.